The fraction of sp³-hybridized carbons (Fsp3) is 0.400. The summed E-state index contributed by atoms with van der Waals surface area (Å²) in [6.45, 7) is 10.7. The predicted molar refractivity (Wildman–Crippen MR) is 103 cm³/mol. The molecule has 0 saturated carbocycles. The van der Waals surface area contributed by atoms with Crippen molar-refractivity contribution in [2.75, 3.05) is 26.3 Å². The summed E-state index contributed by atoms with van der Waals surface area (Å²) in [5.41, 5.74) is 2.31. The Balaban J connectivity index is 1.74. The van der Waals surface area contributed by atoms with Crippen LogP contribution in [-0.2, 0) is 11.3 Å². The highest BCUT2D eigenvalue weighted by molar-refractivity contribution is 7.18. The molecule has 26 heavy (non-hydrogen) atoms. The van der Waals surface area contributed by atoms with Crippen molar-refractivity contribution >= 4 is 21.6 Å². The number of nitrogens with zero attached hydrogens (tertiary/aromatic N) is 2. The van der Waals surface area contributed by atoms with Gasteiger partial charge in [0.05, 0.1) is 18.6 Å². The number of hydrogen-bond acceptors (Lipinski definition) is 5. The average molecular weight is 370 g/mol. The van der Waals surface area contributed by atoms with Gasteiger partial charge in [-0.25, -0.2) is 4.98 Å². The molecule has 1 saturated heterocycles. The number of quaternary nitrogens is 1. The largest absolute Gasteiger partial charge is 0.438 e. The third-order valence-corrected chi connectivity index (χ3v) is 6.05. The van der Waals surface area contributed by atoms with Gasteiger partial charge in [0.1, 0.15) is 30.2 Å². The van der Waals surface area contributed by atoms with Gasteiger partial charge in [-0.05, 0) is 38.0 Å². The molecular formula is C20H24N3O2S+. The quantitative estimate of drug-likeness (QED) is 0.767. The molecule has 0 radical (unpaired) electrons. The third-order valence-electron chi connectivity index (χ3n) is 4.95. The lowest BCUT2D eigenvalue weighted by Crippen LogP contribution is -3.12. The number of aromatic nitrogens is 2. The summed E-state index contributed by atoms with van der Waals surface area (Å²) in [5.74, 6) is 2.37. The van der Waals surface area contributed by atoms with Crippen molar-refractivity contribution in [3.8, 4) is 11.6 Å². The van der Waals surface area contributed by atoms with E-state index in [-0.39, 0.29) is 0 Å². The predicted octanol–water partition coefficient (Wildman–Crippen LogP) is 2.82. The molecule has 0 aliphatic carbocycles. The summed E-state index contributed by atoms with van der Waals surface area (Å²) in [6, 6.07) is 8.05. The molecule has 136 valence electrons. The molecule has 4 rings (SSSR count). The van der Waals surface area contributed by atoms with Crippen LogP contribution in [-0.4, -0.2) is 36.3 Å². The number of benzene rings is 1. The molecular weight excluding hydrogens is 346 g/mol. The number of aryl methyl sites for hydroxylation is 3. The molecule has 0 bridgehead atoms. The van der Waals surface area contributed by atoms with E-state index in [0.717, 1.165) is 60.2 Å². The van der Waals surface area contributed by atoms with Gasteiger partial charge in [0.15, 0.2) is 5.82 Å². The Morgan fingerprint density at radius 1 is 1.12 bits per heavy atom. The van der Waals surface area contributed by atoms with Gasteiger partial charge >= 0.3 is 0 Å². The van der Waals surface area contributed by atoms with Crippen LogP contribution in [0.2, 0.25) is 0 Å². The summed E-state index contributed by atoms with van der Waals surface area (Å²) in [7, 11) is 0. The number of nitrogens with one attached hydrogen (secondary N) is 1. The zero-order valence-electron chi connectivity index (χ0n) is 15.5. The number of hydrogen-bond donors (Lipinski definition) is 1. The molecule has 1 fully saturated rings. The first-order chi connectivity index (χ1) is 12.6. The normalized spacial score (nSPS) is 15.5. The molecule has 1 N–H and O–H groups in total. The van der Waals surface area contributed by atoms with Crippen LogP contribution < -0.4 is 9.64 Å². The molecule has 2 aromatic heterocycles. The van der Waals surface area contributed by atoms with E-state index < -0.39 is 0 Å². The lowest BCUT2D eigenvalue weighted by atomic mass is 10.2. The number of fused-ring (bicyclic) bond motifs is 1. The van der Waals surface area contributed by atoms with Crippen LogP contribution in [0.1, 0.15) is 21.8 Å². The van der Waals surface area contributed by atoms with Crippen LogP contribution in [0.5, 0.6) is 11.6 Å². The maximum absolute atomic E-state index is 6.27. The second-order valence-electron chi connectivity index (χ2n) is 6.82. The Hall–Kier alpha value is -2.02. The highest BCUT2D eigenvalue weighted by Crippen LogP contribution is 2.36. The van der Waals surface area contributed by atoms with Crippen LogP contribution in [0.15, 0.2) is 24.3 Å². The summed E-state index contributed by atoms with van der Waals surface area (Å²) in [4.78, 5) is 13.4. The van der Waals surface area contributed by atoms with Gasteiger partial charge < -0.3 is 14.4 Å². The monoisotopic (exact) mass is 370 g/mol. The minimum absolute atomic E-state index is 0.675. The van der Waals surface area contributed by atoms with Gasteiger partial charge in [0.2, 0.25) is 5.88 Å². The van der Waals surface area contributed by atoms with E-state index >= 15 is 0 Å². The number of morpholine rings is 1. The number of rotatable bonds is 4. The highest BCUT2D eigenvalue weighted by atomic mass is 32.1. The van der Waals surface area contributed by atoms with Crippen molar-refractivity contribution in [3.05, 3.63) is 46.1 Å². The van der Waals surface area contributed by atoms with Gasteiger partial charge in [-0.15, -0.1) is 11.3 Å². The summed E-state index contributed by atoms with van der Waals surface area (Å²) >= 11 is 1.72. The molecule has 1 aliphatic heterocycles. The third kappa shape index (κ3) is 3.45. The van der Waals surface area contributed by atoms with E-state index in [1.165, 1.54) is 15.3 Å². The molecule has 3 heterocycles. The number of para-hydroxylation sites is 1. The highest BCUT2D eigenvalue weighted by Gasteiger charge is 2.21. The van der Waals surface area contributed by atoms with Crippen LogP contribution in [0.3, 0.4) is 0 Å². The fourth-order valence-electron chi connectivity index (χ4n) is 3.24. The smallest absolute Gasteiger partial charge is 0.231 e. The van der Waals surface area contributed by atoms with E-state index in [9.17, 15) is 0 Å². The molecule has 0 atom stereocenters. The molecule has 0 unspecified atom stereocenters. The Bertz CT molecular complexity index is 932. The van der Waals surface area contributed by atoms with E-state index in [4.69, 9.17) is 19.4 Å². The molecule has 5 nitrogen and oxygen atoms in total. The van der Waals surface area contributed by atoms with E-state index in [1.54, 1.807) is 11.3 Å². The zero-order chi connectivity index (χ0) is 18.1. The van der Waals surface area contributed by atoms with Crippen molar-refractivity contribution in [2.24, 2.45) is 0 Å². The minimum Gasteiger partial charge on any atom is -0.438 e. The van der Waals surface area contributed by atoms with Crippen molar-refractivity contribution in [1.29, 1.82) is 0 Å². The Labute approximate surface area is 157 Å². The minimum atomic E-state index is 0.675. The Morgan fingerprint density at radius 3 is 2.65 bits per heavy atom. The molecule has 0 spiro atoms. The van der Waals surface area contributed by atoms with Gasteiger partial charge in [-0.1, -0.05) is 18.2 Å². The maximum Gasteiger partial charge on any atom is 0.231 e. The second kappa shape index (κ2) is 7.31. The molecule has 0 amide bonds. The van der Waals surface area contributed by atoms with Crippen molar-refractivity contribution in [2.45, 2.75) is 27.3 Å². The molecule has 3 aromatic rings. The number of ether oxygens (including phenoxy) is 2. The van der Waals surface area contributed by atoms with Gasteiger partial charge in [0.25, 0.3) is 0 Å². The van der Waals surface area contributed by atoms with E-state index in [2.05, 4.69) is 26.8 Å². The van der Waals surface area contributed by atoms with Crippen molar-refractivity contribution in [1.82, 2.24) is 9.97 Å². The van der Waals surface area contributed by atoms with Crippen LogP contribution in [0, 0.1) is 20.8 Å². The van der Waals surface area contributed by atoms with E-state index in [0.29, 0.717) is 5.88 Å². The Morgan fingerprint density at radius 2 is 1.88 bits per heavy atom. The van der Waals surface area contributed by atoms with Crippen molar-refractivity contribution in [3.63, 3.8) is 0 Å². The molecule has 1 aliphatic rings. The molecule has 6 heteroatoms. The van der Waals surface area contributed by atoms with Crippen LogP contribution in [0.4, 0.5) is 0 Å². The van der Waals surface area contributed by atoms with E-state index in [1.807, 2.05) is 18.2 Å². The lowest BCUT2D eigenvalue weighted by molar-refractivity contribution is -0.922. The lowest BCUT2D eigenvalue weighted by Gasteiger charge is -2.23. The number of thiophene rings is 1. The Kier molecular flexibility index (Phi) is 4.89. The summed E-state index contributed by atoms with van der Waals surface area (Å²) in [6.07, 6.45) is 0. The second-order valence-corrected chi connectivity index (χ2v) is 8.02. The van der Waals surface area contributed by atoms with Crippen LogP contribution >= 0.6 is 11.3 Å². The SMILES string of the molecule is Cc1ccccc1Oc1nc(C[NH+]2CCOCC2)nc2sc(C)c(C)c12. The topological polar surface area (TPSA) is 48.7 Å². The fourth-order valence-corrected chi connectivity index (χ4v) is 4.28. The van der Waals surface area contributed by atoms with Crippen molar-refractivity contribution < 1.29 is 14.4 Å². The molecule has 1 aromatic carbocycles. The van der Waals surface area contributed by atoms with Gasteiger partial charge in [-0.2, -0.15) is 4.98 Å². The van der Waals surface area contributed by atoms with Gasteiger partial charge in [-0.3, -0.25) is 0 Å². The van der Waals surface area contributed by atoms with Gasteiger partial charge in [0, 0.05) is 4.88 Å². The first-order valence-corrected chi connectivity index (χ1v) is 9.85. The average Bonchev–Trinajstić information content (AvgIpc) is 2.92. The van der Waals surface area contributed by atoms with Crippen LogP contribution in [0.25, 0.3) is 10.2 Å². The maximum atomic E-state index is 6.27. The summed E-state index contributed by atoms with van der Waals surface area (Å²) in [5, 5.41) is 1.04. The first kappa shape index (κ1) is 17.4. The summed E-state index contributed by atoms with van der Waals surface area (Å²) < 4.78 is 11.7. The standard InChI is InChI=1S/C20H23N3O2S/c1-13-6-4-5-7-16(13)25-19-18-14(2)15(3)26-20(18)22-17(21-19)12-23-8-10-24-11-9-23/h4-7H,8-12H2,1-3H3/p+1. The first-order valence-electron chi connectivity index (χ1n) is 9.03. The zero-order valence-corrected chi connectivity index (χ0v) is 16.3.